The molecule has 1 atom stereocenters. The van der Waals surface area contributed by atoms with Gasteiger partial charge in [0.25, 0.3) is 0 Å². The van der Waals surface area contributed by atoms with Crippen LogP contribution < -0.4 is 0 Å². The monoisotopic (exact) mass is 226 g/mol. The molecule has 0 amide bonds. The Morgan fingerprint density at radius 1 is 1.44 bits per heavy atom. The van der Waals surface area contributed by atoms with Crippen molar-refractivity contribution in [1.82, 2.24) is 0 Å². The first-order chi connectivity index (χ1) is 7.35. The minimum atomic E-state index is -0.704. The summed E-state index contributed by atoms with van der Waals surface area (Å²) < 4.78 is 18.5. The van der Waals surface area contributed by atoms with Crippen LogP contribution in [0.5, 0.6) is 0 Å². The summed E-state index contributed by atoms with van der Waals surface area (Å²) in [4.78, 5) is 0. The molecule has 1 aromatic rings. The van der Waals surface area contributed by atoms with E-state index >= 15 is 0 Å². The highest BCUT2D eigenvalue weighted by atomic mass is 19.1. The Balaban J connectivity index is 2.81. The SMILES string of the molecule is COC(C)(C)CC(O)c1ccc(C)c(F)c1. The van der Waals surface area contributed by atoms with Gasteiger partial charge in [-0.15, -0.1) is 0 Å². The first kappa shape index (κ1) is 13.1. The molecule has 0 aliphatic rings. The summed E-state index contributed by atoms with van der Waals surface area (Å²) in [6, 6.07) is 4.80. The molecule has 1 rings (SSSR count). The Hall–Kier alpha value is -0.930. The van der Waals surface area contributed by atoms with Crippen molar-refractivity contribution in [1.29, 1.82) is 0 Å². The quantitative estimate of drug-likeness (QED) is 0.855. The minimum Gasteiger partial charge on any atom is -0.388 e. The third-order valence-corrected chi connectivity index (χ3v) is 2.82. The third-order valence-electron chi connectivity index (χ3n) is 2.82. The molecule has 0 heterocycles. The number of hydrogen-bond acceptors (Lipinski definition) is 2. The lowest BCUT2D eigenvalue weighted by molar-refractivity contribution is -0.0201. The van der Waals surface area contributed by atoms with Crippen molar-refractivity contribution in [3.8, 4) is 0 Å². The van der Waals surface area contributed by atoms with Gasteiger partial charge in [0.15, 0.2) is 0 Å². The molecule has 0 saturated carbocycles. The van der Waals surface area contributed by atoms with Gasteiger partial charge in [-0.25, -0.2) is 4.39 Å². The van der Waals surface area contributed by atoms with Crippen LogP contribution in [0.3, 0.4) is 0 Å². The van der Waals surface area contributed by atoms with E-state index in [0.717, 1.165) is 0 Å². The van der Waals surface area contributed by atoms with Gasteiger partial charge in [0.1, 0.15) is 5.82 Å². The molecule has 0 saturated heterocycles. The second-order valence-corrected chi connectivity index (χ2v) is 4.69. The van der Waals surface area contributed by atoms with E-state index in [1.54, 1.807) is 26.2 Å². The van der Waals surface area contributed by atoms with Crippen LogP contribution in [0.1, 0.15) is 37.5 Å². The fourth-order valence-corrected chi connectivity index (χ4v) is 1.48. The lowest BCUT2D eigenvalue weighted by Crippen LogP contribution is -2.25. The highest BCUT2D eigenvalue weighted by Gasteiger charge is 2.22. The van der Waals surface area contributed by atoms with Gasteiger partial charge in [-0.2, -0.15) is 0 Å². The standard InChI is InChI=1S/C13H19FO2/c1-9-5-6-10(7-11(9)14)12(15)8-13(2,3)16-4/h5-7,12,15H,8H2,1-4H3. The van der Waals surface area contributed by atoms with Crippen molar-refractivity contribution >= 4 is 0 Å². The van der Waals surface area contributed by atoms with Crippen LogP contribution in [0.2, 0.25) is 0 Å². The molecule has 0 fully saturated rings. The number of benzene rings is 1. The maximum atomic E-state index is 13.3. The van der Waals surface area contributed by atoms with Crippen molar-refractivity contribution in [3.05, 3.63) is 35.1 Å². The summed E-state index contributed by atoms with van der Waals surface area (Å²) in [5, 5.41) is 9.96. The van der Waals surface area contributed by atoms with E-state index in [1.165, 1.54) is 6.07 Å². The van der Waals surface area contributed by atoms with Crippen molar-refractivity contribution in [2.75, 3.05) is 7.11 Å². The number of hydrogen-bond donors (Lipinski definition) is 1. The maximum absolute atomic E-state index is 13.3. The average Bonchev–Trinajstić information content (AvgIpc) is 2.21. The third kappa shape index (κ3) is 3.29. The second kappa shape index (κ2) is 4.93. The maximum Gasteiger partial charge on any atom is 0.126 e. The van der Waals surface area contributed by atoms with Gasteiger partial charge in [0.05, 0.1) is 11.7 Å². The molecule has 1 N–H and O–H groups in total. The predicted octanol–water partition coefficient (Wildman–Crippen LogP) is 2.98. The van der Waals surface area contributed by atoms with Gasteiger partial charge in [-0.1, -0.05) is 12.1 Å². The zero-order valence-electron chi connectivity index (χ0n) is 10.2. The Morgan fingerprint density at radius 3 is 2.56 bits per heavy atom. The van der Waals surface area contributed by atoms with Crippen LogP contribution >= 0.6 is 0 Å². The van der Waals surface area contributed by atoms with Crippen LogP contribution in [-0.4, -0.2) is 17.8 Å². The highest BCUT2D eigenvalue weighted by Crippen LogP contribution is 2.26. The van der Waals surface area contributed by atoms with Gasteiger partial charge >= 0.3 is 0 Å². The van der Waals surface area contributed by atoms with Crippen molar-refractivity contribution in [2.24, 2.45) is 0 Å². The molecule has 1 unspecified atom stereocenters. The van der Waals surface area contributed by atoms with E-state index in [4.69, 9.17) is 4.74 Å². The lowest BCUT2D eigenvalue weighted by Gasteiger charge is -2.26. The van der Waals surface area contributed by atoms with Gasteiger partial charge < -0.3 is 9.84 Å². The fraction of sp³-hybridized carbons (Fsp3) is 0.538. The van der Waals surface area contributed by atoms with E-state index in [1.807, 2.05) is 13.8 Å². The summed E-state index contributed by atoms with van der Waals surface area (Å²) in [5.41, 5.74) is 0.760. The number of aryl methyl sites for hydroxylation is 1. The highest BCUT2D eigenvalue weighted by molar-refractivity contribution is 5.25. The van der Waals surface area contributed by atoms with E-state index in [2.05, 4.69) is 0 Å². The summed E-state index contributed by atoms with van der Waals surface area (Å²) >= 11 is 0. The van der Waals surface area contributed by atoms with Crippen molar-refractivity contribution < 1.29 is 14.2 Å². The van der Waals surface area contributed by atoms with Crippen molar-refractivity contribution in [3.63, 3.8) is 0 Å². The van der Waals surface area contributed by atoms with E-state index in [9.17, 15) is 9.50 Å². The Kier molecular flexibility index (Phi) is 4.05. The lowest BCUT2D eigenvalue weighted by atomic mass is 9.95. The number of rotatable bonds is 4. The van der Waals surface area contributed by atoms with Gasteiger partial charge in [-0.05, 0) is 38.0 Å². The van der Waals surface area contributed by atoms with Crippen LogP contribution in [0.15, 0.2) is 18.2 Å². The Morgan fingerprint density at radius 2 is 2.06 bits per heavy atom. The van der Waals surface area contributed by atoms with E-state index in [0.29, 0.717) is 17.5 Å². The normalized spacial score (nSPS) is 13.9. The molecule has 0 spiro atoms. The van der Waals surface area contributed by atoms with Crippen LogP contribution in [0.25, 0.3) is 0 Å². The number of aliphatic hydroxyl groups is 1. The Bertz CT molecular complexity index is 361. The number of ether oxygens (including phenoxy) is 1. The molecule has 2 nitrogen and oxygen atoms in total. The molecule has 90 valence electrons. The molecule has 3 heteroatoms. The average molecular weight is 226 g/mol. The molecule has 1 aromatic carbocycles. The molecular weight excluding hydrogens is 207 g/mol. The van der Waals surface area contributed by atoms with Crippen LogP contribution in [0, 0.1) is 12.7 Å². The minimum absolute atomic E-state index is 0.285. The Labute approximate surface area is 96.1 Å². The van der Waals surface area contributed by atoms with Gasteiger partial charge in [-0.3, -0.25) is 0 Å². The van der Waals surface area contributed by atoms with Crippen LogP contribution in [-0.2, 0) is 4.74 Å². The predicted molar refractivity (Wildman–Crippen MR) is 61.8 cm³/mol. The fourth-order valence-electron chi connectivity index (χ4n) is 1.48. The summed E-state index contributed by atoms with van der Waals surface area (Å²) in [7, 11) is 1.60. The second-order valence-electron chi connectivity index (χ2n) is 4.69. The molecule has 0 aliphatic heterocycles. The molecule has 0 aromatic heterocycles. The number of methoxy groups -OCH3 is 1. The molecule has 16 heavy (non-hydrogen) atoms. The topological polar surface area (TPSA) is 29.5 Å². The zero-order chi connectivity index (χ0) is 12.3. The smallest absolute Gasteiger partial charge is 0.126 e. The van der Waals surface area contributed by atoms with Crippen molar-refractivity contribution in [2.45, 2.75) is 38.9 Å². The molecular formula is C13H19FO2. The molecule has 0 bridgehead atoms. The van der Waals surface area contributed by atoms with E-state index in [-0.39, 0.29) is 5.82 Å². The molecule has 0 radical (unpaired) electrons. The summed E-state index contributed by atoms with van der Waals surface area (Å²) in [6.45, 7) is 5.48. The van der Waals surface area contributed by atoms with Crippen LogP contribution in [0.4, 0.5) is 4.39 Å². The first-order valence-corrected chi connectivity index (χ1v) is 5.35. The summed E-state index contributed by atoms with van der Waals surface area (Å²) in [5.74, 6) is -0.285. The van der Waals surface area contributed by atoms with Gasteiger partial charge in [0, 0.05) is 13.5 Å². The van der Waals surface area contributed by atoms with Gasteiger partial charge in [0.2, 0.25) is 0 Å². The zero-order valence-corrected chi connectivity index (χ0v) is 10.2. The van der Waals surface area contributed by atoms with E-state index < -0.39 is 11.7 Å². The summed E-state index contributed by atoms with van der Waals surface area (Å²) in [6.07, 6.45) is -0.267. The first-order valence-electron chi connectivity index (χ1n) is 5.35. The number of aliphatic hydroxyl groups excluding tert-OH is 1. The number of halogens is 1. The largest absolute Gasteiger partial charge is 0.388 e. The molecule has 0 aliphatic carbocycles.